The molecule has 1 aromatic carbocycles. The maximum Gasteiger partial charge on any atom is 0.433 e. The lowest BCUT2D eigenvalue weighted by molar-refractivity contribution is -0.141. The van der Waals surface area contributed by atoms with E-state index in [2.05, 4.69) is 34.4 Å². The fourth-order valence-corrected chi connectivity index (χ4v) is 5.47. The van der Waals surface area contributed by atoms with Crippen molar-refractivity contribution in [1.29, 1.82) is 0 Å². The standard InChI is InChI=1S/C25H31ClF3N5OS/c1-16-11-17(2)14-34(13-16)21-12-20(25(27,28)29)31-22(32-21)33-23(36)30-15-24(7-9-35-10-8-24)18-3-5-19(26)6-4-18/h3-6,12,16-17H,7-11,13-15H2,1-2H3,(H2,30,31,32,33,36). The van der Waals surface area contributed by atoms with Gasteiger partial charge in [0.05, 0.1) is 0 Å². The number of thiocarbonyl (C=S) groups is 1. The van der Waals surface area contributed by atoms with Crippen molar-refractivity contribution in [1.82, 2.24) is 15.3 Å². The molecule has 2 aliphatic rings. The molecule has 2 fully saturated rings. The molecule has 2 N–H and O–H groups in total. The third-order valence-corrected chi connectivity index (χ3v) is 7.41. The normalized spacial score (nSPS) is 22.2. The van der Waals surface area contributed by atoms with E-state index in [-0.39, 0.29) is 22.3 Å². The van der Waals surface area contributed by atoms with E-state index in [1.54, 1.807) is 0 Å². The third kappa shape index (κ3) is 6.58. The minimum absolute atomic E-state index is 0.167. The summed E-state index contributed by atoms with van der Waals surface area (Å²) in [6.07, 6.45) is -2.01. The monoisotopic (exact) mass is 541 g/mol. The van der Waals surface area contributed by atoms with E-state index in [0.29, 0.717) is 49.7 Å². The maximum absolute atomic E-state index is 13.7. The maximum atomic E-state index is 13.7. The molecule has 0 radical (unpaired) electrons. The molecule has 36 heavy (non-hydrogen) atoms. The molecule has 2 saturated heterocycles. The predicted molar refractivity (Wildman–Crippen MR) is 140 cm³/mol. The van der Waals surface area contributed by atoms with Crippen LogP contribution in [0.3, 0.4) is 0 Å². The number of anilines is 2. The number of piperidine rings is 1. The van der Waals surface area contributed by atoms with Gasteiger partial charge in [0, 0.05) is 49.4 Å². The van der Waals surface area contributed by atoms with E-state index in [1.807, 2.05) is 29.2 Å². The van der Waals surface area contributed by atoms with E-state index in [4.69, 9.17) is 28.6 Å². The summed E-state index contributed by atoms with van der Waals surface area (Å²) in [6.45, 7) is 7.18. The van der Waals surface area contributed by atoms with E-state index in [1.165, 1.54) is 0 Å². The van der Waals surface area contributed by atoms with Crippen LogP contribution in [-0.2, 0) is 16.3 Å². The number of ether oxygens (including phenoxy) is 1. The number of nitrogens with one attached hydrogen (secondary N) is 2. The molecule has 6 nitrogen and oxygen atoms in total. The molecule has 0 saturated carbocycles. The first kappa shape index (κ1) is 26.9. The van der Waals surface area contributed by atoms with E-state index in [0.717, 1.165) is 30.9 Å². The highest BCUT2D eigenvalue weighted by atomic mass is 35.5. The van der Waals surface area contributed by atoms with Crippen molar-refractivity contribution in [3.63, 3.8) is 0 Å². The van der Waals surface area contributed by atoms with Gasteiger partial charge in [0.1, 0.15) is 5.82 Å². The van der Waals surface area contributed by atoms with Gasteiger partial charge in [-0.25, -0.2) is 4.98 Å². The SMILES string of the molecule is CC1CC(C)CN(c2cc(C(F)(F)F)nc(NC(=S)NCC3(c4ccc(Cl)cc4)CCOCC3)n2)C1. The van der Waals surface area contributed by atoms with Crippen LogP contribution in [-0.4, -0.2) is 47.9 Å². The molecule has 0 bridgehead atoms. The largest absolute Gasteiger partial charge is 0.433 e. The van der Waals surface area contributed by atoms with Gasteiger partial charge >= 0.3 is 6.18 Å². The molecule has 2 aliphatic heterocycles. The predicted octanol–water partition coefficient (Wildman–Crippen LogP) is 5.67. The summed E-state index contributed by atoms with van der Waals surface area (Å²) in [5.41, 5.74) is -0.128. The summed E-state index contributed by atoms with van der Waals surface area (Å²) in [7, 11) is 0. The molecule has 0 spiro atoms. The van der Waals surface area contributed by atoms with Gasteiger partial charge in [0.25, 0.3) is 0 Å². The third-order valence-electron chi connectivity index (χ3n) is 6.92. The summed E-state index contributed by atoms with van der Waals surface area (Å²) in [4.78, 5) is 10.0. The Hall–Kier alpha value is -2.17. The van der Waals surface area contributed by atoms with Gasteiger partial charge in [0.15, 0.2) is 10.8 Å². The highest BCUT2D eigenvalue weighted by Crippen LogP contribution is 2.35. The van der Waals surface area contributed by atoms with Crippen molar-refractivity contribution < 1.29 is 17.9 Å². The Balaban J connectivity index is 1.51. The van der Waals surface area contributed by atoms with Crippen LogP contribution >= 0.6 is 23.8 Å². The lowest BCUT2D eigenvalue weighted by atomic mass is 9.74. The minimum Gasteiger partial charge on any atom is -0.381 e. The van der Waals surface area contributed by atoms with Crippen molar-refractivity contribution in [3.8, 4) is 0 Å². The van der Waals surface area contributed by atoms with Gasteiger partial charge in [-0.2, -0.15) is 18.2 Å². The van der Waals surface area contributed by atoms with Gasteiger partial charge in [-0.3, -0.25) is 0 Å². The topological polar surface area (TPSA) is 62.3 Å². The van der Waals surface area contributed by atoms with Gasteiger partial charge < -0.3 is 20.3 Å². The molecular weight excluding hydrogens is 511 g/mol. The van der Waals surface area contributed by atoms with Gasteiger partial charge in [-0.1, -0.05) is 37.6 Å². The van der Waals surface area contributed by atoms with Crippen molar-refractivity contribution >= 4 is 40.7 Å². The molecule has 2 atom stereocenters. The number of alkyl halides is 3. The lowest BCUT2D eigenvalue weighted by Crippen LogP contribution is -2.45. The molecule has 1 aromatic heterocycles. The summed E-state index contributed by atoms with van der Waals surface area (Å²) in [5, 5.41) is 6.80. The number of halogens is 4. The number of rotatable bonds is 5. The Bertz CT molecular complexity index is 1050. The average molecular weight is 542 g/mol. The van der Waals surface area contributed by atoms with Gasteiger partial charge in [0.2, 0.25) is 5.95 Å². The Labute approximate surface area is 220 Å². The van der Waals surface area contributed by atoms with Crippen molar-refractivity contribution in [2.75, 3.05) is 43.1 Å². The van der Waals surface area contributed by atoms with Crippen LogP contribution < -0.4 is 15.5 Å². The highest BCUT2D eigenvalue weighted by molar-refractivity contribution is 7.80. The van der Waals surface area contributed by atoms with Crippen LogP contribution in [0.4, 0.5) is 24.9 Å². The number of nitrogens with zero attached hydrogens (tertiary/aromatic N) is 3. The van der Waals surface area contributed by atoms with Crippen LogP contribution in [0.5, 0.6) is 0 Å². The first-order chi connectivity index (χ1) is 17.0. The molecule has 4 rings (SSSR count). The van der Waals surface area contributed by atoms with E-state index in [9.17, 15) is 13.2 Å². The van der Waals surface area contributed by atoms with Crippen molar-refractivity contribution in [3.05, 3.63) is 46.6 Å². The second-order valence-electron chi connectivity index (χ2n) is 9.99. The van der Waals surface area contributed by atoms with Crippen LogP contribution in [0, 0.1) is 11.8 Å². The molecule has 11 heteroatoms. The molecule has 0 aliphatic carbocycles. The smallest absolute Gasteiger partial charge is 0.381 e. The van der Waals surface area contributed by atoms with Crippen LogP contribution in [0.25, 0.3) is 0 Å². The quantitative estimate of drug-likeness (QED) is 0.473. The van der Waals surface area contributed by atoms with E-state index < -0.39 is 11.9 Å². The second kappa shape index (κ2) is 11.1. The fraction of sp³-hybridized carbons (Fsp3) is 0.560. The Morgan fingerprint density at radius 2 is 1.78 bits per heavy atom. The highest BCUT2D eigenvalue weighted by Gasteiger charge is 2.36. The van der Waals surface area contributed by atoms with E-state index >= 15 is 0 Å². The molecule has 2 aromatic rings. The number of hydrogen-bond acceptors (Lipinski definition) is 5. The van der Waals surface area contributed by atoms with Gasteiger partial charge in [-0.15, -0.1) is 0 Å². The number of aromatic nitrogens is 2. The minimum atomic E-state index is -4.60. The van der Waals surface area contributed by atoms with Crippen LogP contribution in [0.2, 0.25) is 5.02 Å². The number of benzene rings is 1. The van der Waals surface area contributed by atoms with Crippen molar-refractivity contribution in [2.45, 2.75) is 44.7 Å². The Morgan fingerprint density at radius 1 is 1.14 bits per heavy atom. The van der Waals surface area contributed by atoms with Crippen LogP contribution in [0.15, 0.2) is 30.3 Å². The second-order valence-corrected chi connectivity index (χ2v) is 10.8. The molecule has 3 heterocycles. The Kier molecular flexibility index (Phi) is 8.26. The summed E-state index contributed by atoms with van der Waals surface area (Å²) < 4.78 is 46.5. The number of hydrogen-bond donors (Lipinski definition) is 2. The molecule has 196 valence electrons. The summed E-state index contributed by atoms with van der Waals surface area (Å²) in [5.74, 6) is 0.806. The summed E-state index contributed by atoms with van der Waals surface area (Å²) in [6, 6.07) is 8.71. The zero-order valence-electron chi connectivity index (χ0n) is 20.4. The molecule has 2 unspecified atom stereocenters. The zero-order chi connectivity index (χ0) is 25.9. The fourth-order valence-electron chi connectivity index (χ4n) is 5.18. The summed E-state index contributed by atoms with van der Waals surface area (Å²) >= 11 is 11.5. The first-order valence-electron chi connectivity index (χ1n) is 12.1. The van der Waals surface area contributed by atoms with Crippen molar-refractivity contribution in [2.24, 2.45) is 11.8 Å². The first-order valence-corrected chi connectivity index (χ1v) is 12.9. The Morgan fingerprint density at radius 3 is 2.39 bits per heavy atom. The lowest BCUT2D eigenvalue weighted by Gasteiger charge is -2.38. The molecule has 0 amide bonds. The average Bonchev–Trinajstić information content (AvgIpc) is 2.82. The zero-order valence-corrected chi connectivity index (χ0v) is 21.9. The van der Waals surface area contributed by atoms with Crippen LogP contribution in [0.1, 0.15) is 44.4 Å². The molecular formula is C25H31ClF3N5OS. The van der Waals surface area contributed by atoms with Gasteiger partial charge in [-0.05, 0) is 61.0 Å².